The van der Waals surface area contributed by atoms with E-state index in [1.165, 1.54) is 0 Å². The van der Waals surface area contributed by atoms with E-state index in [9.17, 15) is 0 Å². The molecule has 0 atom stereocenters. The van der Waals surface area contributed by atoms with Gasteiger partial charge in [-0.2, -0.15) is 4.98 Å². The van der Waals surface area contributed by atoms with Crippen molar-refractivity contribution in [2.24, 2.45) is 0 Å². The van der Waals surface area contributed by atoms with Gasteiger partial charge in [-0.25, -0.2) is 4.98 Å². The monoisotopic (exact) mass is 516 g/mol. The summed E-state index contributed by atoms with van der Waals surface area (Å²) in [5.41, 5.74) is 2.78. The van der Waals surface area contributed by atoms with Crippen LogP contribution in [0.15, 0.2) is 48.5 Å². The Kier molecular flexibility index (Phi) is 8.00. The topological polar surface area (TPSA) is 76.1 Å². The number of hydrogen-bond donors (Lipinski definition) is 1. The first-order chi connectivity index (χ1) is 16.5. The maximum absolute atomic E-state index is 6.44. The predicted octanol–water partition coefficient (Wildman–Crippen LogP) is 6.51. The van der Waals surface area contributed by atoms with Gasteiger partial charge in [-0.05, 0) is 55.6 Å². The van der Waals surface area contributed by atoms with Gasteiger partial charge in [0.1, 0.15) is 23.0 Å². The van der Waals surface area contributed by atoms with Crippen molar-refractivity contribution in [3.05, 3.63) is 63.7 Å². The first-order valence-corrected chi connectivity index (χ1v) is 12.0. The van der Waals surface area contributed by atoms with Gasteiger partial charge in [0.25, 0.3) is 0 Å². The molecule has 0 aliphatic heterocycles. The standard InChI is InChI=1S/C24H23Cl3N6O/c1-3-33(4-2)12-13-34-16-10-8-15(9-11-16)28-24-30-23-20(31-32-24)14-17(22(27)29-23)21-18(25)6-5-7-19(21)26/h5-11,14H,3-4,12-13H2,1-2H3,(H,28,29,30,32). The van der Waals surface area contributed by atoms with E-state index in [4.69, 9.17) is 39.5 Å². The van der Waals surface area contributed by atoms with E-state index < -0.39 is 0 Å². The SMILES string of the molecule is CCN(CC)CCOc1ccc(Nc2nnc3cc(-c4c(Cl)cccc4Cl)c(Cl)nc3n2)cc1. The smallest absolute Gasteiger partial charge is 0.249 e. The van der Waals surface area contributed by atoms with E-state index in [1.807, 2.05) is 24.3 Å². The van der Waals surface area contributed by atoms with E-state index in [0.29, 0.717) is 44.9 Å². The molecular weight excluding hydrogens is 495 g/mol. The molecule has 4 aromatic rings. The lowest BCUT2D eigenvalue weighted by molar-refractivity contribution is 0.223. The molecule has 0 unspecified atom stereocenters. The minimum atomic E-state index is 0.222. The van der Waals surface area contributed by atoms with Crippen molar-refractivity contribution in [1.82, 2.24) is 25.1 Å². The average molecular weight is 518 g/mol. The molecule has 0 saturated heterocycles. The van der Waals surface area contributed by atoms with Crippen LogP contribution in [0.3, 0.4) is 0 Å². The Morgan fingerprint density at radius 2 is 1.62 bits per heavy atom. The van der Waals surface area contributed by atoms with Gasteiger partial charge in [0.2, 0.25) is 5.95 Å². The summed E-state index contributed by atoms with van der Waals surface area (Å²) in [4.78, 5) is 11.1. The fourth-order valence-electron chi connectivity index (χ4n) is 3.43. The van der Waals surface area contributed by atoms with E-state index >= 15 is 0 Å². The maximum atomic E-state index is 6.44. The molecule has 0 fully saturated rings. The molecule has 176 valence electrons. The van der Waals surface area contributed by atoms with Crippen LogP contribution in [0.25, 0.3) is 22.3 Å². The number of likely N-dealkylation sites (N-methyl/N-ethyl adjacent to an activating group) is 1. The van der Waals surface area contributed by atoms with Crippen LogP contribution in [0.1, 0.15) is 13.8 Å². The highest BCUT2D eigenvalue weighted by atomic mass is 35.5. The van der Waals surface area contributed by atoms with Crippen LogP contribution >= 0.6 is 34.8 Å². The highest BCUT2D eigenvalue weighted by molar-refractivity contribution is 6.41. The van der Waals surface area contributed by atoms with Crippen molar-refractivity contribution in [2.45, 2.75) is 13.8 Å². The molecule has 0 aliphatic carbocycles. The van der Waals surface area contributed by atoms with Crippen LogP contribution < -0.4 is 10.1 Å². The van der Waals surface area contributed by atoms with Crippen molar-refractivity contribution in [3.8, 4) is 16.9 Å². The fourth-order valence-corrected chi connectivity index (χ4v) is 4.26. The number of halogens is 3. The van der Waals surface area contributed by atoms with Crippen molar-refractivity contribution < 1.29 is 4.74 Å². The van der Waals surface area contributed by atoms with Crippen molar-refractivity contribution in [1.29, 1.82) is 0 Å². The number of rotatable bonds is 9. The summed E-state index contributed by atoms with van der Waals surface area (Å²) in [6, 6.07) is 14.5. The lowest BCUT2D eigenvalue weighted by Crippen LogP contribution is -2.27. The minimum Gasteiger partial charge on any atom is -0.492 e. The summed E-state index contributed by atoms with van der Waals surface area (Å²) >= 11 is 19.1. The first-order valence-electron chi connectivity index (χ1n) is 10.9. The van der Waals surface area contributed by atoms with Gasteiger partial charge in [-0.3, -0.25) is 0 Å². The van der Waals surface area contributed by atoms with Gasteiger partial charge in [-0.1, -0.05) is 54.7 Å². The van der Waals surface area contributed by atoms with Gasteiger partial charge in [0.15, 0.2) is 5.65 Å². The van der Waals surface area contributed by atoms with Crippen molar-refractivity contribution >= 4 is 57.6 Å². The predicted molar refractivity (Wildman–Crippen MR) is 139 cm³/mol. The number of aromatic nitrogens is 4. The molecule has 1 N–H and O–H groups in total. The zero-order valence-electron chi connectivity index (χ0n) is 18.7. The molecule has 2 aromatic carbocycles. The largest absolute Gasteiger partial charge is 0.492 e. The molecule has 2 heterocycles. The number of hydrogen-bond acceptors (Lipinski definition) is 7. The van der Waals surface area contributed by atoms with E-state index in [-0.39, 0.29) is 5.15 Å². The lowest BCUT2D eigenvalue weighted by atomic mass is 10.1. The van der Waals surface area contributed by atoms with E-state index in [1.54, 1.807) is 24.3 Å². The van der Waals surface area contributed by atoms with Gasteiger partial charge < -0.3 is 15.0 Å². The summed E-state index contributed by atoms with van der Waals surface area (Å²) in [6.07, 6.45) is 0. The number of ether oxygens (including phenoxy) is 1. The highest BCUT2D eigenvalue weighted by Gasteiger charge is 2.16. The lowest BCUT2D eigenvalue weighted by Gasteiger charge is -2.18. The van der Waals surface area contributed by atoms with Crippen LogP contribution in [-0.2, 0) is 0 Å². The number of nitrogens with one attached hydrogen (secondary N) is 1. The first kappa shape index (κ1) is 24.4. The molecule has 0 spiro atoms. The molecule has 0 saturated carbocycles. The van der Waals surface area contributed by atoms with E-state index in [0.717, 1.165) is 31.1 Å². The summed E-state index contributed by atoms with van der Waals surface area (Å²) in [6.45, 7) is 7.84. The van der Waals surface area contributed by atoms with Gasteiger partial charge in [-0.15, -0.1) is 10.2 Å². The Labute approximate surface area is 213 Å². The fraction of sp³-hybridized carbons (Fsp3) is 0.250. The van der Waals surface area contributed by atoms with Gasteiger partial charge >= 0.3 is 0 Å². The summed E-state index contributed by atoms with van der Waals surface area (Å²) in [5, 5.41) is 12.7. The molecule has 0 aliphatic rings. The summed E-state index contributed by atoms with van der Waals surface area (Å²) in [5.74, 6) is 1.10. The molecule has 10 heteroatoms. The van der Waals surface area contributed by atoms with Crippen LogP contribution in [0.2, 0.25) is 15.2 Å². The average Bonchev–Trinajstić information content (AvgIpc) is 2.83. The Bertz CT molecular complexity index is 1260. The second-order valence-corrected chi connectivity index (χ2v) is 8.60. The molecule has 2 aromatic heterocycles. The number of pyridine rings is 1. The molecule has 34 heavy (non-hydrogen) atoms. The van der Waals surface area contributed by atoms with Crippen LogP contribution in [0.5, 0.6) is 5.75 Å². The Hall–Kier alpha value is -2.71. The second kappa shape index (κ2) is 11.1. The van der Waals surface area contributed by atoms with Crippen LogP contribution in [-0.4, -0.2) is 51.3 Å². The van der Waals surface area contributed by atoms with Crippen molar-refractivity contribution in [3.63, 3.8) is 0 Å². The highest BCUT2D eigenvalue weighted by Crippen LogP contribution is 2.38. The van der Waals surface area contributed by atoms with Crippen molar-refractivity contribution in [2.75, 3.05) is 31.6 Å². The summed E-state index contributed by atoms with van der Waals surface area (Å²) in [7, 11) is 0. The maximum Gasteiger partial charge on any atom is 0.249 e. The van der Waals surface area contributed by atoms with Crippen LogP contribution in [0, 0.1) is 0 Å². The Morgan fingerprint density at radius 1 is 0.912 bits per heavy atom. The quantitative estimate of drug-likeness (QED) is 0.254. The molecule has 0 radical (unpaired) electrons. The molecule has 0 bridgehead atoms. The molecule has 0 amide bonds. The zero-order valence-corrected chi connectivity index (χ0v) is 21.0. The third-order valence-corrected chi connectivity index (χ3v) is 6.23. The second-order valence-electron chi connectivity index (χ2n) is 7.43. The van der Waals surface area contributed by atoms with Crippen LogP contribution in [0.4, 0.5) is 11.6 Å². The number of benzene rings is 2. The Morgan fingerprint density at radius 3 is 2.29 bits per heavy atom. The van der Waals surface area contributed by atoms with Gasteiger partial charge in [0, 0.05) is 23.4 Å². The number of fused-ring (bicyclic) bond motifs is 1. The Balaban J connectivity index is 1.48. The third-order valence-electron chi connectivity index (χ3n) is 5.31. The molecule has 7 nitrogen and oxygen atoms in total. The number of nitrogens with zero attached hydrogens (tertiary/aromatic N) is 5. The molecule has 4 rings (SSSR count). The van der Waals surface area contributed by atoms with Gasteiger partial charge in [0.05, 0.1) is 10.0 Å². The number of anilines is 2. The summed E-state index contributed by atoms with van der Waals surface area (Å²) < 4.78 is 5.82. The normalized spacial score (nSPS) is 11.2. The van der Waals surface area contributed by atoms with E-state index in [2.05, 4.69) is 44.2 Å². The molecular formula is C24H23Cl3N6O. The zero-order chi connectivity index (χ0) is 24.1. The third kappa shape index (κ3) is 5.67. The minimum absolute atomic E-state index is 0.222.